The first-order chi connectivity index (χ1) is 14.7. The molecule has 166 valence electrons. The lowest BCUT2D eigenvalue weighted by atomic mass is 10.1. The number of hydrogen-bond donors (Lipinski definition) is 3. The largest absolute Gasteiger partial charge is 0.489 e. The van der Waals surface area contributed by atoms with Gasteiger partial charge in [0.25, 0.3) is 0 Å². The SMILES string of the molecule is CC(C)=NNc1ccc(OCC(C)(C)NCC(O)COc2cc(Cl)ccc2C#N)nn1. The highest BCUT2D eigenvalue weighted by atomic mass is 35.5. The number of hydrogen-bond acceptors (Lipinski definition) is 9. The molecule has 0 spiro atoms. The van der Waals surface area contributed by atoms with Crippen molar-refractivity contribution in [1.82, 2.24) is 15.5 Å². The first kappa shape index (κ1) is 24.3. The third-order valence-corrected chi connectivity index (χ3v) is 4.16. The third-order valence-electron chi connectivity index (χ3n) is 3.93. The average Bonchev–Trinajstić information content (AvgIpc) is 2.74. The molecular weight excluding hydrogens is 420 g/mol. The van der Waals surface area contributed by atoms with Crippen molar-refractivity contribution in [2.24, 2.45) is 5.10 Å². The lowest BCUT2D eigenvalue weighted by molar-refractivity contribution is 0.0921. The molecule has 1 aromatic carbocycles. The highest BCUT2D eigenvalue weighted by Gasteiger charge is 2.20. The Morgan fingerprint density at radius 2 is 2.03 bits per heavy atom. The van der Waals surface area contributed by atoms with Crippen LogP contribution in [0.5, 0.6) is 11.6 Å². The third kappa shape index (κ3) is 8.76. The molecule has 1 atom stereocenters. The highest BCUT2D eigenvalue weighted by molar-refractivity contribution is 6.30. The number of nitrogens with zero attached hydrogens (tertiary/aromatic N) is 4. The van der Waals surface area contributed by atoms with E-state index in [1.54, 1.807) is 30.3 Å². The molecule has 10 heteroatoms. The van der Waals surface area contributed by atoms with Crippen LogP contribution < -0.4 is 20.2 Å². The van der Waals surface area contributed by atoms with E-state index in [0.717, 1.165) is 5.71 Å². The number of benzene rings is 1. The number of nitrogens with one attached hydrogen (secondary N) is 2. The van der Waals surface area contributed by atoms with Crippen LogP contribution in [0.2, 0.25) is 5.02 Å². The van der Waals surface area contributed by atoms with Crippen LogP contribution in [0.3, 0.4) is 0 Å². The van der Waals surface area contributed by atoms with Gasteiger partial charge in [0.15, 0.2) is 5.82 Å². The zero-order valence-corrected chi connectivity index (χ0v) is 18.8. The second-order valence-electron chi connectivity index (χ2n) is 7.70. The van der Waals surface area contributed by atoms with Crippen LogP contribution >= 0.6 is 11.6 Å². The van der Waals surface area contributed by atoms with Crippen molar-refractivity contribution in [3.8, 4) is 17.7 Å². The maximum absolute atomic E-state index is 10.2. The Bertz CT molecular complexity index is 924. The predicted octanol–water partition coefficient (Wildman–Crippen LogP) is 3.00. The molecule has 3 N–H and O–H groups in total. The van der Waals surface area contributed by atoms with Crippen molar-refractivity contribution in [3.05, 3.63) is 40.9 Å². The van der Waals surface area contributed by atoms with Crippen LogP contribution in [-0.2, 0) is 0 Å². The van der Waals surface area contributed by atoms with Gasteiger partial charge in [-0.2, -0.15) is 10.4 Å². The minimum Gasteiger partial charge on any atom is -0.489 e. The number of aliphatic hydroxyl groups excluding tert-OH is 1. The zero-order chi connectivity index (χ0) is 22.9. The molecule has 0 saturated heterocycles. The molecule has 9 nitrogen and oxygen atoms in total. The molecule has 2 rings (SSSR count). The van der Waals surface area contributed by atoms with Crippen molar-refractivity contribution in [3.63, 3.8) is 0 Å². The van der Waals surface area contributed by atoms with Crippen LogP contribution in [0, 0.1) is 11.3 Å². The Balaban J connectivity index is 1.77. The van der Waals surface area contributed by atoms with Crippen molar-refractivity contribution < 1.29 is 14.6 Å². The normalized spacial score (nSPS) is 11.9. The summed E-state index contributed by atoms with van der Waals surface area (Å²) in [7, 11) is 0. The van der Waals surface area contributed by atoms with E-state index in [-0.39, 0.29) is 13.2 Å². The number of ether oxygens (including phenoxy) is 2. The van der Waals surface area contributed by atoms with Gasteiger partial charge in [0.05, 0.1) is 5.56 Å². The maximum atomic E-state index is 10.2. The van der Waals surface area contributed by atoms with Gasteiger partial charge in [-0.25, -0.2) is 0 Å². The van der Waals surface area contributed by atoms with Crippen LogP contribution in [-0.4, -0.2) is 52.4 Å². The fraction of sp³-hybridized carbons (Fsp3) is 0.429. The Morgan fingerprint density at radius 1 is 1.26 bits per heavy atom. The smallest absolute Gasteiger partial charge is 0.233 e. The number of β-amino-alcohol motifs (C(OH)–C–C–N with tert-alkyl or cyclic N) is 1. The zero-order valence-electron chi connectivity index (χ0n) is 18.0. The van der Waals surface area contributed by atoms with Gasteiger partial charge in [-0.05, 0) is 45.9 Å². The molecule has 0 aliphatic carbocycles. The molecule has 0 aliphatic rings. The number of aliphatic hydroxyl groups is 1. The quantitative estimate of drug-likeness (QED) is 0.355. The Kier molecular flexibility index (Phi) is 9.00. The van der Waals surface area contributed by atoms with Gasteiger partial charge >= 0.3 is 0 Å². The first-order valence-electron chi connectivity index (χ1n) is 9.67. The summed E-state index contributed by atoms with van der Waals surface area (Å²) in [5.41, 5.74) is 3.58. The first-order valence-corrected chi connectivity index (χ1v) is 10.1. The van der Waals surface area contributed by atoms with Crippen LogP contribution in [0.4, 0.5) is 5.82 Å². The fourth-order valence-corrected chi connectivity index (χ4v) is 2.44. The summed E-state index contributed by atoms with van der Waals surface area (Å²) in [5, 5.41) is 35.1. The van der Waals surface area contributed by atoms with E-state index in [9.17, 15) is 5.11 Å². The van der Waals surface area contributed by atoms with Gasteiger partial charge in [0.2, 0.25) is 5.88 Å². The molecule has 0 fully saturated rings. The summed E-state index contributed by atoms with van der Waals surface area (Å²) in [6.45, 7) is 8.20. The summed E-state index contributed by atoms with van der Waals surface area (Å²) in [6.07, 6.45) is -0.794. The summed E-state index contributed by atoms with van der Waals surface area (Å²) < 4.78 is 11.2. The second-order valence-corrected chi connectivity index (χ2v) is 8.13. The van der Waals surface area contributed by atoms with Crippen LogP contribution in [0.1, 0.15) is 33.3 Å². The van der Waals surface area contributed by atoms with Crippen LogP contribution in [0.25, 0.3) is 0 Å². The molecule has 1 heterocycles. The molecular formula is C21H27ClN6O3. The van der Waals surface area contributed by atoms with Crippen molar-refractivity contribution >= 4 is 23.1 Å². The lowest BCUT2D eigenvalue weighted by Crippen LogP contribution is -2.48. The maximum Gasteiger partial charge on any atom is 0.233 e. The molecule has 31 heavy (non-hydrogen) atoms. The Morgan fingerprint density at radius 3 is 2.68 bits per heavy atom. The molecule has 1 aromatic heterocycles. The second kappa shape index (κ2) is 11.5. The lowest BCUT2D eigenvalue weighted by Gasteiger charge is -2.27. The van der Waals surface area contributed by atoms with E-state index < -0.39 is 11.6 Å². The van der Waals surface area contributed by atoms with E-state index in [2.05, 4.69) is 26.0 Å². The molecule has 1 unspecified atom stereocenters. The van der Waals surface area contributed by atoms with Crippen LogP contribution in [0.15, 0.2) is 35.4 Å². The molecule has 2 aromatic rings. The van der Waals surface area contributed by atoms with Crippen molar-refractivity contribution in [2.75, 3.05) is 25.2 Å². The number of rotatable bonds is 11. The summed E-state index contributed by atoms with van der Waals surface area (Å²) >= 11 is 5.94. The van der Waals surface area contributed by atoms with E-state index in [4.69, 9.17) is 26.3 Å². The van der Waals surface area contributed by atoms with Gasteiger partial charge in [-0.15, -0.1) is 10.2 Å². The van der Waals surface area contributed by atoms with E-state index in [1.165, 1.54) is 0 Å². The number of nitriles is 1. The summed E-state index contributed by atoms with van der Waals surface area (Å²) in [4.78, 5) is 0. The molecule has 0 amide bonds. The molecule has 0 radical (unpaired) electrons. The van der Waals surface area contributed by atoms with E-state index in [1.807, 2.05) is 33.8 Å². The van der Waals surface area contributed by atoms with Gasteiger partial charge < -0.3 is 19.9 Å². The number of halogens is 1. The highest BCUT2D eigenvalue weighted by Crippen LogP contribution is 2.22. The molecule has 0 bridgehead atoms. The predicted molar refractivity (Wildman–Crippen MR) is 120 cm³/mol. The minimum atomic E-state index is -0.794. The van der Waals surface area contributed by atoms with Crippen molar-refractivity contribution in [1.29, 1.82) is 5.26 Å². The number of hydrazone groups is 1. The van der Waals surface area contributed by atoms with Gasteiger partial charge in [-0.3, -0.25) is 5.43 Å². The molecule has 0 aliphatic heterocycles. The van der Waals surface area contributed by atoms with Crippen molar-refractivity contribution in [2.45, 2.75) is 39.3 Å². The van der Waals surface area contributed by atoms with E-state index >= 15 is 0 Å². The molecule has 0 saturated carbocycles. The van der Waals surface area contributed by atoms with Gasteiger partial charge in [0.1, 0.15) is 31.1 Å². The number of anilines is 1. The van der Waals surface area contributed by atoms with Gasteiger partial charge in [-0.1, -0.05) is 11.6 Å². The standard InChI is InChI=1S/C21H27ClN6O3/c1-14(2)25-26-19-7-8-20(28-27-19)31-13-21(3,4)24-11-17(29)12-30-18-9-16(22)6-5-15(18)10-23/h5-9,17,24,29H,11-13H2,1-4H3,(H,26,27). The summed E-state index contributed by atoms with van der Waals surface area (Å²) in [5.74, 6) is 1.24. The Hall–Kier alpha value is -2.93. The monoisotopic (exact) mass is 446 g/mol. The Labute approximate surface area is 187 Å². The topological polar surface area (TPSA) is 125 Å². The van der Waals surface area contributed by atoms with Gasteiger partial charge in [0, 0.05) is 35.0 Å². The van der Waals surface area contributed by atoms with E-state index in [0.29, 0.717) is 34.6 Å². The summed E-state index contributed by atoms with van der Waals surface area (Å²) in [6, 6.07) is 10.2. The average molecular weight is 447 g/mol. The number of aromatic nitrogens is 2. The fourth-order valence-electron chi connectivity index (χ4n) is 2.28. The minimum absolute atomic E-state index is 0.0125.